The minimum Gasteiger partial charge on any atom is -0.357 e. The molecular weight excluding hydrogens is 338 g/mol. The van der Waals surface area contributed by atoms with Crippen LogP contribution in [0.1, 0.15) is 39.0 Å². The molecule has 7 nitrogen and oxygen atoms in total. The third-order valence-corrected chi connectivity index (χ3v) is 5.66. The lowest BCUT2D eigenvalue weighted by Gasteiger charge is -2.36. The van der Waals surface area contributed by atoms with Crippen molar-refractivity contribution >= 4 is 11.9 Å². The van der Waals surface area contributed by atoms with E-state index in [4.69, 9.17) is 4.99 Å². The number of aromatic nitrogens is 2. The Morgan fingerprint density at radius 3 is 2.52 bits per heavy atom. The highest BCUT2D eigenvalue weighted by molar-refractivity contribution is 5.80. The van der Waals surface area contributed by atoms with Gasteiger partial charge in [0.1, 0.15) is 0 Å². The fourth-order valence-corrected chi connectivity index (χ4v) is 4.02. The smallest absolute Gasteiger partial charge is 0.225 e. The van der Waals surface area contributed by atoms with Crippen LogP contribution in [-0.4, -0.2) is 84.6 Å². The first-order valence-electron chi connectivity index (χ1n) is 10.5. The quantitative estimate of drug-likeness (QED) is 0.606. The van der Waals surface area contributed by atoms with Gasteiger partial charge in [-0.25, -0.2) is 9.97 Å². The van der Waals surface area contributed by atoms with Gasteiger partial charge in [0.05, 0.1) is 6.54 Å². The van der Waals surface area contributed by atoms with Gasteiger partial charge in [-0.1, -0.05) is 19.3 Å². The summed E-state index contributed by atoms with van der Waals surface area (Å²) in [6.07, 6.45) is 10.5. The molecular formula is C20H35N7. The number of hydrogen-bond acceptors (Lipinski definition) is 5. The van der Waals surface area contributed by atoms with E-state index in [0.717, 1.165) is 63.8 Å². The SMILES string of the molecule is CCNC(=NCCN(C)C1CCCCC1)N1CCN(c2ncccn2)CC1. The Labute approximate surface area is 163 Å². The molecule has 2 fully saturated rings. The van der Waals surface area contributed by atoms with Crippen molar-refractivity contribution < 1.29 is 0 Å². The van der Waals surface area contributed by atoms with Gasteiger partial charge in [-0.3, -0.25) is 4.99 Å². The first-order valence-corrected chi connectivity index (χ1v) is 10.5. The average molecular weight is 374 g/mol. The van der Waals surface area contributed by atoms with E-state index in [0.29, 0.717) is 0 Å². The maximum Gasteiger partial charge on any atom is 0.225 e. The monoisotopic (exact) mass is 373 g/mol. The highest BCUT2D eigenvalue weighted by Gasteiger charge is 2.21. The highest BCUT2D eigenvalue weighted by Crippen LogP contribution is 2.21. The van der Waals surface area contributed by atoms with Crippen LogP contribution < -0.4 is 10.2 Å². The second-order valence-electron chi connectivity index (χ2n) is 7.53. The van der Waals surface area contributed by atoms with Crippen LogP contribution >= 0.6 is 0 Å². The van der Waals surface area contributed by atoms with Gasteiger partial charge in [0.25, 0.3) is 0 Å². The molecule has 0 atom stereocenters. The van der Waals surface area contributed by atoms with Crippen molar-refractivity contribution in [2.24, 2.45) is 4.99 Å². The minimum absolute atomic E-state index is 0.756. The number of anilines is 1. The summed E-state index contributed by atoms with van der Waals surface area (Å²) in [6, 6.07) is 2.62. The summed E-state index contributed by atoms with van der Waals surface area (Å²) < 4.78 is 0. The lowest BCUT2D eigenvalue weighted by atomic mass is 9.94. The molecule has 1 aliphatic carbocycles. The van der Waals surface area contributed by atoms with Gasteiger partial charge >= 0.3 is 0 Å². The molecule has 0 bridgehead atoms. The normalized spacial score (nSPS) is 19.6. The van der Waals surface area contributed by atoms with Crippen molar-refractivity contribution in [1.82, 2.24) is 25.1 Å². The molecule has 1 saturated carbocycles. The number of aliphatic imine (C=N–C) groups is 1. The molecule has 7 heteroatoms. The van der Waals surface area contributed by atoms with E-state index in [1.165, 1.54) is 32.1 Å². The van der Waals surface area contributed by atoms with Gasteiger partial charge in [-0.15, -0.1) is 0 Å². The molecule has 0 radical (unpaired) electrons. The summed E-state index contributed by atoms with van der Waals surface area (Å²) in [5.74, 6) is 1.87. The van der Waals surface area contributed by atoms with Crippen molar-refractivity contribution in [2.45, 2.75) is 45.1 Å². The van der Waals surface area contributed by atoms with Gasteiger partial charge in [0, 0.05) is 57.7 Å². The Hall–Kier alpha value is -1.89. The molecule has 2 aliphatic rings. The van der Waals surface area contributed by atoms with Crippen LogP contribution in [0.5, 0.6) is 0 Å². The summed E-state index contributed by atoms with van der Waals surface area (Å²) in [7, 11) is 2.26. The second kappa shape index (κ2) is 10.4. The van der Waals surface area contributed by atoms with Crippen molar-refractivity contribution in [3.8, 4) is 0 Å². The molecule has 27 heavy (non-hydrogen) atoms. The van der Waals surface area contributed by atoms with Crippen molar-refractivity contribution in [2.75, 3.05) is 57.8 Å². The summed E-state index contributed by atoms with van der Waals surface area (Å²) in [4.78, 5) is 20.8. The third kappa shape index (κ3) is 5.79. The van der Waals surface area contributed by atoms with Crippen LogP contribution in [0.2, 0.25) is 0 Å². The van der Waals surface area contributed by atoms with Gasteiger partial charge in [-0.2, -0.15) is 0 Å². The maximum absolute atomic E-state index is 4.91. The molecule has 150 valence electrons. The topological polar surface area (TPSA) is 59.9 Å². The molecule has 3 rings (SSSR count). The molecule has 0 unspecified atom stereocenters. The van der Waals surface area contributed by atoms with Crippen molar-refractivity contribution in [1.29, 1.82) is 0 Å². The number of nitrogens with one attached hydrogen (secondary N) is 1. The fourth-order valence-electron chi connectivity index (χ4n) is 4.02. The zero-order chi connectivity index (χ0) is 18.9. The molecule has 0 amide bonds. The Bertz CT molecular complexity index is 563. The Morgan fingerprint density at radius 2 is 1.85 bits per heavy atom. The highest BCUT2D eigenvalue weighted by atomic mass is 15.4. The van der Waals surface area contributed by atoms with E-state index < -0.39 is 0 Å². The lowest BCUT2D eigenvalue weighted by molar-refractivity contribution is 0.196. The van der Waals surface area contributed by atoms with Gasteiger partial charge in [0.2, 0.25) is 5.95 Å². The summed E-state index contributed by atoms with van der Waals surface area (Å²) in [6.45, 7) is 8.68. The summed E-state index contributed by atoms with van der Waals surface area (Å²) >= 11 is 0. The van der Waals surface area contributed by atoms with Gasteiger partial charge in [0.15, 0.2) is 5.96 Å². The van der Waals surface area contributed by atoms with E-state index in [-0.39, 0.29) is 0 Å². The van der Waals surface area contributed by atoms with Crippen LogP contribution in [0.25, 0.3) is 0 Å². The molecule has 1 aromatic heterocycles. The molecule has 1 N–H and O–H groups in total. The molecule has 0 spiro atoms. The zero-order valence-corrected chi connectivity index (χ0v) is 17.0. The van der Waals surface area contributed by atoms with E-state index >= 15 is 0 Å². The van der Waals surface area contributed by atoms with Crippen LogP contribution in [0, 0.1) is 0 Å². The average Bonchev–Trinajstić information content (AvgIpc) is 2.74. The second-order valence-corrected chi connectivity index (χ2v) is 7.53. The fraction of sp³-hybridized carbons (Fsp3) is 0.750. The Kier molecular flexibility index (Phi) is 7.68. The Morgan fingerprint density at radius 1 is 1.15 bits per heavy atom. The predicted octanol–water partition coefficient (Wildman–Crippen LogP) is 1.83. The molecule has 1 aromatic rings. The number of rotatable bonds is 6. The van der Waals surface area contributed by atoms with Crippen molar-refractivity contribution in [3.05, 3.63) is 18.5 Å². The van der Waals surface area contributed by atoms with E-state index in [1.54, 1.807) is 0 Å². The number of hydrogen-bond donors (Lipinski definition) is 1. The van der Waals surface area contributed by atoms with Crippen molar-refractivity contribution in [3.63, 3.8) is 0 Å². The largest absolute Gasteiger partial charge is 0.357 e. The van der Waals surface area contributed by atoms with E-state index in [9.17, 15) is 0 Å². The van der Waals surface area contributed by atoms with Crippen LogP contribution in [0.4, 0.5) is 5.95 Å². The standard InChI is InChI=1S/C20H35N7/c1-3-21-19(24-12-13-25(2)18-8-5-4-6-9-18)26-14-16-27(17-15-26)20-22-10-7-11-23-20/h7,10-11,18H,3-6,8-9,12-17H2,1-2H3,(H,21,24). The lowest BCUT2D eigenvalue weighted by Crippen LogP contribution is -2.53. The van der Waals surface area contributed by atoms with Crippen LogP contribution in [-0.2, 0) is 0 Å². The zero-order valence-electron chi connectivity index (χ0n) is 17.0. The first-order chi connectivity index (χ1) is 13.3. The summed E-state index contributed by atoms with van der Waals surface area (Å²) in [5, 5.41) is 3.47. The summed E-state index contributed by atoms with van der Waals surface area (Å²) in [5.41, 5.74) is 0. The predicted molar refractivity (Wildman–Crippen MR) is 111 cm³/mol. The van der Waals surface area contributed by atoms with Crippen LogP contribution in [0.15, 0.2) is 23.5 Å². The Balaban J connectivity index is 1.48. The van der Waals surface area contributed by atoms with E-state index in [2.05, 4.69) is 44.0 Å². The number of piperazine rings is 1. The van der Waals surface area contributed by atoms with E-state index in [1.807, 2.05) is 18.5 Å². The third-order valence-electron chi connectivity index (χ3n) is 5.66. The molecule has 1 aliphatic heterocycles. The van der Waals surface area contributed by atoms with Gasteiger partial charge < -0.3 is 20.0 Å². The maximum atomic E-state index is 4.91. The number of guanidine groups is 1. The molecule has 0 aromatic carbocycles. The van der Waals surface area contributed by atoms with Crippen LogP contribution in [0.3, 0.4) is 0 Å². The number of nitrogens with zero attached hydrogens (tertiary/aromatic N) is 6. The number of likely N-dealkylation sites (N-methyl/N-ethyl adjacent to an activating group) is 1. The molecule has 2 heterocycles. The van der Waals surface area contributed by atoms with Gasteiger partial charge in [-0.05, 0) is 32.9 Å². The molecule has 1 saturated heterocycles. The minimum atomic E-state index is 0.756. The first kappa shape index (κ1) is 19.9.